The van der Waals surface area contributed by atoms with Crippen molar-refractivity contribution in [1.82, 2.24) is 10.2 Å². The van der Waals surface area contributed by atoms with E-state index in [0.717, 1.165) is 43.0 Å². The van der Waals surface area contributed by atoms with Crippen molar-refractivity contribution in [3.8, 4) is 11.5 Å². The molecule has 6 aliphatic rings. The molecule has 0 radical (unpaired) electrons. The zero-order valence-corrected chi connectivity index (χ0v) is 23.4. The van der Waals surface area contributed by atoms with Gasteiger partial charge in [-0.1, -0.05) is 12.1 Å². The Balaban J connectivity index is 0.000000512. The Kier molecular flexibility index (Phi) is 5.80. The number of phenolic OH excluding ortho intramolecular Hbond substituents is 1. The van der Waals surface area contributed by atoms with Crippen LogP contribution >= 0.6 is 0 Å². The molecule has 2 amide bonds. The number of rotatable bonds is 4. The van der Waals surface area contributed by atoms with Gasteiger partial charge in [-0.15, -0.1) is 0 Å². The summed E-state index contributed by atoms with van der Waals surface area (Å²) in [7, 11) is -3.67. The Labute approximate surface area is 237 Å². The molecule has 2 saturated carbocycles. The summed E-state index contributed by atoms with van der Waals surface area (Å²) in [6.07, 6.45) is 5.63. The first-order valence-electron chi connectivity index (χ1n) is 14.1. The number of carbonyl (C=O) groups is 2. The molecule has 1 spiro atoms. The van der Waals surface area contributed by atoms with Crippen LogP contribution in [0.3, 0.4) is 0 Å². The van der Waals surface area contributed by atoms with Crippen LogP contribution in [-0.4, -0.2) is 83.0 Å². The second-order valence-corrected chi connectivity index (χ2v) is 13.8. The summed E-state index contributed by atoms with van der Waals surface area (Å²) in [5, 5.41) is 29.3. The van der Waals surface area contributed by atoms with Crippen molar-refractivity contribution >= 4 is 27.6 Å². The number of anilines is 1. The molecule has 2 aromatic carbocycles. The van der Waals surface area contributed by atoms with Gasteiger partial charge in [-0.05, 0) is 74.8 Å². The molecule has 41 heavy (non-hydrogen) atoms. The average Bonchev–Trinajstić information content (AvgIpc) is 3.56. The molecule has 5 atom stereocenters. The van der Waals surface area contributed by atoms with Gasteiger partial charge in [0.1, 0.15) is 6.10 Å². The summed E-state index contributed by atoms with van der Waals surface area (Å²) in [5.41, 5.74) is 1.89. The highest BCUT2D eigenvalue weighted by molar-refractivity contribution is 7.85. The van der Waals surface area contributed by atoms with E-state index < -0.39 is 33.1 Å². The number of hydrogen-bond acceptors (Lipinski definition) is 9. The third kappa shape index (κ3) is 3.98. The fraction of sp³-hybridized carbons (Fsp3) is 0.517. The number of likely N-dealkylation sites (tertiary alicyclic amines) is 1. The van der Waals surface area contributed by atoms with Crippen molar-refractivity contribution in [1.29, 1.82) is 0 Å². The van der Waals surface area contributed by atoms with E-state index in [1.165, 1.54) is 12.8 Å². The number of piperidine rings is 1. The number of benzene rings is 2. The molecule has 5 N–H and O–H groups in total. The molecule has 2 aromatic rings. The van der Waals surface area contributed by atoms with Gasteiger partial charge >= 0.3 is 0 Å². The van der Waals surface area contributed by atoms with E-state index in [4.69, 9.17) is 9.29 Å². The van der Waals surface area contributed by atoms with Crippen LogP contribution in [0.4, 0.5) is 5.69 Å². The normalized spacial score (nSPS) is 32.7. The topological polar surface area (TPSA) is 165 Å². The summed E-state index contributed by atoms with van der Waals surface area (Å²) >= 11 is 0. The van der Waals surface area contributed by atoms with Crippen LogP contribution in [0.1, 0.15) is 63.9 Å². The van der Waals surface area contributed by atoms with Gasteiger partial charge in [0.15, 0.2) is 11.5 Å². The molecule has 12 heteroatoms. The second-order valence-electron chi connectivity index (χ2n) is 12.3. The van der Waals surface area contributed by atoms with E-state index in [2.05, 4.69) is 15.5 Å². The summed E-state index contributed by atoms with van der Waals surface area (Å²) in [6.45, 7) is 1.93. The van der Waals surface area contributed by atoms with E-state index in [1.54, 1.807) is 18.2 Å². The predicted molar refractivity (Wildman–Crippen MR) is 148 cm³/mol. The van der Waals surface area contributed by atoms with Crippen molar-refractivity contribution in [2.24, 2.45) is 5.92 Å². The Morgan fingerprint density at radius 1 is 1.12 bits per heavy atom. The van der Waals surface area contributed by atoms with E-state index >= 15 is 0 Å². The zero-order chi connectivity index (χ0) is 28.9. The number of hydrogen-bond donors (Lipinski definition) is 5. The summed E-state index contributed by atoms with van der Waals surface area (Å²) < 4.78 is 32.5. The van der Waals surface area contributed by atoms with Gasteiger partial charge in [-0.25, -0.2) is 0 Å². The Morgan fingerprint density at radius 3 is 2.61 bits per heavy atom. The van der Waals surface area contributed by atoms with Crippen LogP contribution in [-0.2, 0) is 22.0 Å². The third-order valence-corrected chi connectivity index (χ3v) is 9.87. The van der Waals surface area contributed by atoms with E-state index in [0.29, 0.717) is 41.7 Å². The molecule has 11 nitrogen and oxygen atoms in total. The molecule has 3 aliphatic heterocycles. The lowest BCUT2D eigenvalue weighted by Gasteiger charge is -2.64. The minimum Gasteiger partial charge on any atom is -0.504 e. The van der Waals surface area contributed by atoms with Gasteiger partial charge in [-0.3, -0.25) is 24.4 Å². The van der Waals surface area contributed by atoms with E-state index in [9.17, 15) is 28.2 Å². The number of carbonyl (C=O) groups excluding carboxylic acids is 2. The SMILES string of the molecule is CS(=O)(=O)O.O=C1NC(=O)c2c(N[C@@H]3CCC4(O)[C@H]5Cc6ccc(O)c7c6[C@@]4(CCN5CC4CC4)[C@H]3O7)cccc21. The van der Waals surface area contributed by atoms with Crippen LogP contribution in [0.25, 0.3) is 0 Å². The number of aliphatic hydroxyl groups is 1. The number of nitrogens with one attached hydrogen (secondary N) is 2. The van der Waals surface area contributed by atoms with Gasteiger partial charge < -0.3 is 20.3 Å². The molecule has 1 saturated heterocycles. The number of fused-ring (bicyclic) bond motifs is 1. The summed E-state index contributed by atoms with van der Waals surface area (Å²) in [4.78, 5) is 27.3. The maximum Gasteiger partial charge on any atom is 0.261 e. The number of imide groups is 1. The molecule has 3 heterocycles. The van der Waals surface area contributed by atoms with Gasteiger partial charge in [0.25, 0.3) is 21.9 Å². The average molecular weight is 584 g/mol. The highest BCUT2D eigenvalue weighted by Crippen LogP contribution is 2.65. The first-order chi connectivity index (χ1) is 19.4. The lowest BCUT2D eigenvalue weighted by Crippen LogP contribution is -2.77. The minimum absolute atomic E-state index is 0.0197. The van der Waals surface area contributed by atoms with Gasteiger partial charge in [0.2, 0.25) is 0 Å². The minimum atomic E-state index is -3.67. The first-order valence-corrected chi connectivity index (χ1v) is 15.9. The smallest absolute Gasteiger partial charge is 0.261 e. The van der Waals surface area contributed by atoms with Crippen molar-refractivity contribution in [2.45, 2.75) is 67.7 Å². The highest BCUT2D eigenvalue weighted by Gasteiger charge is 2.73. The number of phenols is 1. The fourth-order valence-electron chi connectivity index (χ4n) is 8.17. The monoisotopic (exact) mass is 583 g/mol. The molecule has 218 valence electrons. The van der Waals surface area contributed by atoms with Gasteiger partial charge in [-0.2, -0.15) is 8.42 Å². The van der Waals surface area contributed by atoms with Crippen LogP contribution in [0, 0.1) is 5.92 Å². The molecule has 1 unspecified atom stereocenters. The number of nitrogens with zero attached hydrogens (tertiary/aromatic N) is 1. The third-order valence-electron chi connectivity index (χ3n) is 9.87. The van der Waals surface area contributed by atoms with Gasteiger partial charge in [0.05, 0.1) is 34.4 Å². The zero-order valence-electron chi connectivity index (χ0n) is 22.6. The number of amides is 2. The fourth-order valence-corrected chi connectivity index (χ4v) is 8.17. The summed E-state index contributed by atoms with van der Waals surface area (Å²) in [5.74, 6) is 0.577. The largest absolute Gasteiger partial charge is 0.504 e. The van der Waals surface area contributed by atoms with Crippen molar-refractivity contribution in [2.75, 3.05) is 24.7 Å². The first kappa shape index (κ1) is 26.7. The van der Waals surface area contributed by atoms with Crippen LogP contribution < -0.4 is 15.4 Å². The summed E-state index contributed by atoms with van der Waals surface area (Å²) in [6, 6.07) is 8.80. The molecular weight excluding hydrogens is 550 g/mol. The van der Waals surface area contributed by atoms with Crippen molar-refractivity contribution in [3.63, 3.8) is 0 Å². The molecular formula is C29H33N3O8S. The molecule has 3 aliphatic carbocycles. The number of aromatic hydroxyl groups is 1. The Bertz CT molecular complexity index is 1580. The predicted octanol–water partition coefficient (Wildman–Crippen LogP) is 1.82. The van der Waals surface area contributed by atoms with Crippen molar-refractivity contribution < 1.29 is 37.5 Å². The Morgan fingerprint density at radius 2 is 1.88 bits per heavy atom. The Hall–Kier alpha value is -3.19. The lowest BCUT2D eigenvalue weighted by molar-refractivity contribution is -0.187. The highest BCUT2D eigenvalue weighted by atomic mass is 32.2. The molecule has 2 bridgehead atoms. The molecule has 0 aromatic heterocycles. The second kappa shape index (κ2) is 8.90. The molecule has 8 rings (SSSR count). The quantitative estimate of drug-likeness (QED) is 0.265. The standard InChI is InChI=1S/C28H29N3O5.CH4O3S/c32-19-7-6-15-12-20-28(35)9-8-18(29-17-3-1-2-16-21(17)26(34)30-25(16)33)24-27(28,22(15)23(19)36-24)10-11-31(20)13-14-4-5-14;1-5(2,3)4/h1-3,6-7,14,18,20,24,29,32,35H,4-5,8-13H2,(H,30,33,34);1H3,(H,2,3,4)/t18-,20-,24+,27+,28?;/m1./s1. The van der Waals surface area contributed by atoms with Gasteiger partial charge in [0, 0.05) is 23.8 Å². The van der Waals surface area contributed by atoms with E-state index in [1.807, 2.05) is 12.1 Å². The number of ether oxygens (including phenoxy) is 1. The van der Waals surface area contributed by atoms with Crippen LogP contribution in [0.15, 0.2) is 30.3 Å². The maximum absolute atomic E-state index is 12.6. The van der Waals surface area contributed by atoms with E-state index in [-0.39, 0.29) is 23.7 Å². The van der Waals surface area contributed by atoms with Crippen LogP contribution in [0.2, 0.25) is 0 Å². The van der Waals surface area contributed by atoms with Crippen LogP contribution in [0.5, 0.6) is 11.5 Å². The molecule has 3 fully saturated rings. The lowest BCUT2D eigenvalue weighted by atomic mass is 9.48. The van der Waals surface area contributed by atoms with Crippen molar-refractivity contribution in [3.05, 3.63) is 52.6 Å². The maximum atomic E-state index is 12.6.